The molecule has 5 heteroatoms. The Kier molecular flexibility index (Phi) is 6.96. The molecule has 2 N–H and O–H groups in total. The Balaban J connectivity index is 3.81. The lowest BCUT2D eigenvalue weighted by atomic mass is 9.99. The third-order valence-electron chi connectivity index (χ3n) is 1.64. The Morgan fingerprint density at radius 3 is 2.53 bits per heavy atom. The van der Waals surface area contributed by atoms with E-state index in [4.69, 9.17) is 9.94 Å². The molecular formula is C10H21NO3S. The second-order valence-electron chi connectivity index (χ2n) is 4.64. The molecule has 4 nitrogen and oxygen atoms in total. The molecule has 0 aliphatic heterocycles. The van der Waals surface area contributed by atoms with Gasteiger partial charge in [0.15, 0.2) is 0 Å². The molecule has 0 radical (unpaired) electrons. The maximum Gasteiger partial charge on any atom is 0.323 e. The SMILES string of the molecule is CSCC[C@H](NOCC(C)(C)C)C(=O)O. The molecule has 0 rings (SSSR count). The molecule has 0 heterocycles. The van der Waals surface area contributed by atoms with Crippen molar-refractivity contribution in [2.75, 3.05) is 18.6 Å². The topological polar surface area (TPSA) is 58.6 Å². The van der Waals surface area contributed by atoms with E-state index in [-0.39, 0.29) is 5.41 Å². The smallest absolute Gasteiger partial charge is 0.323 e. The molecule has 15 heavy (non-hydrogen) atoms. The second-order valence-corrected chi connectivity index (χ2v) is 5.63. The van der Waals surface area contributed by atoms with Crippen LogP contribution in [0.1, 0.15) is 27.2 Å². The van der Waals surface area contributed by atoms with E-state index in [1.54, 1.807) is 11.8 Å². The van der Waals surface area contributed by atoms with Crippen LogP contribution in [0.25, 0.3) is 0 Å². The van der Waals surface area contributed by atoms with Crippen molar-refractivity contribution in [3.05, 3.63) is 0 Å². The maximum absolute atomic E-state index is 10.8. The minimum Gasteiger partial charge on any atom is -0.480 e. The zero-order chi connectivity index (χ0) is 11.9. The second kappa shape index (κ2) is 7.09. The number of carboxylic acid groups (broad SMARTS) is 1. The van der Waals surface area contributed by atoms with Gasteiger partial charge in [0.25, 0.3) is 0 Å². The third kappa shape index (κ3) is 8.72. The molecule has 0 amide bonds. The lowest BCUT2D eigenvalue weighted by Gasteiger charge is -2.20. The molecule has 0 aromatic heterocycles. The van der Waals surface area contributed by atoms with Crippen LogP contribution in [0.4, 0.5) is 0 Å². The van der Waals surface area contributed by atoms with Gasteiger partial charge in [0.2, 0.25) is 0 Å². The monoisotopic (exact) mass is 235 g/mol. The molecule has 0 saturated heterocycles. The molecule has 0 bridgehead atoms. The van der Waals surface area contributed by atoms with Gasteiger partial charge in [-0.2, -0.15) is 17.2 Å². The Labute approximate surface area is 95.7 Å². The van der Waals surface area contributed by atoms with Gasteiger partial charge >= 0.3 is 5.97 Å². The van der Waals surface area contributed by atoms with Crippen molar-refractivity contribution >= 4 is 17.7 Å². The van der Waals surface area contributed by atoms with Gasteiger partial charge in [0.1, 0.15) is 6.04 Å². The predicted molar refractivity (Wildman–Crippen MR) is 63.0 cm³/mol. The summed E-state index contributed by atoms with van der Waals surface area (Å²) in [4.78, 5) is 16.0. The first kappa shape index (κ1) is 14.7. The van der Waals surface area contributed by atoms with Crippen LogP contribution in [0.5, 0.6) is 0 Å². The number of rotatable bonds is 7. The fourth-order valence-electron chi connectivity index (χ4n) is 0.827. The number of aliphatic carboxylic acids is 1. The van der Waals surface area contributed by atoms with Crippen LogP contribution in [0.2, 0.25) is 0 Å². The van der Waals surface area contributed by atoms with Gasteiger partial charge in [-0.25, -0.2) is 0 Å². The fourth-order valence-corrected chi connectivity index (χ4v) is 1.30. The molecule has 0 aromatic rings. The van der Waals surface area contributed by atoms with E-state index in [0.717, 1.165) is 5.75 Å². The minimum atomic E-state index is -0.863. The number of thioether (sulfide) groups is 1. The molecule has 0 unspecified atom stereocenters. The summed E-state index contributed by atoms with van der Waals surface area (Å²) in [6.07, 6.45) is 2.52. The van der Waals surface area contributed by atoms with Crippen molar-refractivity contribution in [3.63, 3.8) is 0 Å². The Bertz CT molecular complexity index is 192. The van der Waals surface area contributed by atoms with Crippen molar-refractivity contribution < 1.29 is 14.7 Å². The van der Waals surface area contributed by atoms with E-state index in [1.807, 2.05) is 27.0 Å². The van der Waals surface area contributed by atoms with E-state index in [2.05, 4.69) is 5.48 Å². The van der Waals surface area contributed by atoms with Gasteiger partial charge < -0.3 is 9.94 Å². The van der Waals surface area contributed by atoms with Gasteiger partial charge in [-0.05, 0) is 23.8 Å². The van der Waals surface area contributed by atoms with E-state index >= 15 is 0 Å². The number of carbonyl (C=O) groups is 1. The summed E-state index contributed by atoms with van der Waals surface area (Å²) < 4.78 is 0. The minimum absolute atomic E-state index is 0.0373. The van der Waals surface area contributed by atoms with Crippen molar-refractivity contribution in [2.24, 2.45) is 5.41 Å². The summed E-state index contributed by atoms with van der Waals surface area (Å²) in [5.74, 6) is -0.0546. The van der Waals surface area contributed by atoms with Crippen LogP contribution in [-0.2, 0) is 9.63 Å². The van der Waals surface area contributed by atoms with E-state index in [0.29, 0.717) is 13.0 Å². The van der Waals surface area contributed by atoms with Gasteiger partial charge in [-0.1, -0.05) is 20.8 Å². The van der Waals surface area contributed by atoms with Gasteiger partial charge in [-0.15, -0.1) is 0 Å². The van der Waals surface area contributed by atoms with E-state index < -0.39 is 12.0 Å². The molecule has 0 spiro atoms. The van der Waals surface area contributed by atoms with Crippen molar-refractivity contribution in [1.82, 2.24) is 5.48 Å². The first-order chi connectivity index (χ1) is 6.87. The highest BCUT2D eigenvalue weighted by Gasteiger charge is 2.18. The first-order valence-corrected chi connectivity index (χ1v) is 6.35. The van der Waals surface area contributed by atoms with E-state index in [9.17, 15) is 4.79 Å². The van der Waals surface area contributed by atoms with Crippen LogP contribution in [0, 0.1) is 5.41 Å². The number of hydrogen-bond acceptors (Lipinski definition) is 4. The van der Waals surface area contributed by atoms with Gasteiger partial charge in [0, 0.05) is 0 Å². The fraction of sp³-hybridized carbons (Fsp3) is 0.900. The lowest BCUT2D eigenvalue weighted by Crippen LogP contribution is -2.38. The zero-order valence-electron chi connectivity index (χ0n) is 9.87. The molecule has 0 saturated carbocycles. The number of hydrogen-bond donors (Lipinski definition) is 2. The summed E-state index contributed by atoms with van der Waals surface area (Å²) in [5, 5.41) is 8.88. The van der Waals surface area contributed by atoms with Crippen molar-refractivity contribution in [1.29, 1.82) is 0 Å². The molecule has 1 atom stereocenters. The Hall–Kier alpha value is -0.260. The number of carboxylic acids is 1. The lowest BCUT2D eigenvalue weighted by molar-refractivity contribution is -0.145. The summed E-state index contributed by atoms with van der Waals surface area (Å²) in [6, 6.07) is -0.611. The average molecular weight is 235 g/mol. The molecule has 0 aromatic carbocycles. The normalized spacial score (nSPS) is 13.9. The number of hydroxylamine groups is 1. The first-order valence-electron chi connectivity index (χ1n) is 4.96. The Morgan fingerprint density at radius 2 is 2.13 bits per heavy atom. The van der Waals surface area contributed by atoms with Gasteiger partial charge in [-0.3, -0.25) is 4.79 Å². The maximum atomic E-state index is 10.8. The quantitative estimate of drug-likeness (QED) is 0.658. The largest absolute Gasteiger partial charge is 0.480 e. The van der Waals surface area contributed by atoms with Crippen LogP contribution < -0.4 is 5.48 Å². The Morgan fingerprint density at radius 1 is 1.53 bits per heavy atom. The zero-order valence-corrected chi connectivity index (χ0v) is 10.7. The molecule has 0 fully saturated rings. The van der Waals surface area contributed by atoms with Crippen molar-refractivity contribution in [3.8, 4) is 0 Å². The van der Waals surface area contributed by atoms with Crippen molar-refractivity contribution in [2.45, 2.75) is 33.2 Å². The highest BCUT2D eigenvalue weighted by molar-refractivity contribution is 7.98. The highest BCUT2D eigenvalue weighted by Crippen LogP contribution is 2.12. The van der Waals surface area contributed by atoms with E-state index in [1.165, 1.54) is 0 Å². The summed E-state index contributed by atoms with van der Waals surface area (Å²) in [7, 11) is 0. The highest BCUT2D eigenvalue weighted by atomic mass is 32.2. The van der Waals surface area contributed by atoms with Crippen LogP contribution in [0.3, 0.4) is 0 Å². The average Bonchev–Trinajstić information content (AvgIpc) is 2.08. The van der Waals surface area contributed by atoms with Crippen LogP contribution in [0.15, 0.2) is 0 Å². The summed E-state index contributed by atoms with van der Waals surface area (Å²) in [6.45, 7) is 6.60. The third-order valence-corrected chi connectivity index (χ3v) is 2.28. The van der Waals surface area contributed by atoms with Crippen LogP contribution >= 0.6 is 11.8 Å². The van der Waals surface area contributed by atoms with Gasteiger partial charge in [0.05, 0.1) is 6.61 Å². The molecule has 0 aliphatic carbocycles. The standard InChI is InChI=1S/C10H21NO3S/c1-10(2,3)7-14-11-8(9(12)13)5-6-15-4/h8,11H,5-7H2,1-4H3,(H,12,13)/t8-/m0/s1. The number of nitrogens with one attached hydrogen (secondary N) is 1. The molecule has 0 aliphatic rings. The molecule has 90 valence electrons. The van der Waals surface area contributed by atoms with Crippen LogP contribution in [-0.4, -0.2) is 35.7 Å². The molecular weight excluding hydrogens is 214 g/mol. The summed E-state index contributed by atoms with van der Waals surface area (Å²) >= 11 is 1.63. The predicted octanol–water partition coefficient (Wildman–Crippen LogP) is 1.76. The summed E-state index contributed by atoms with van der Waals surface area (Å²) in [5.41, 5.74) is 2.63.